The SMILES string of the molecule is [Si]C1(c2cccc3c2[nH]c2ccccc23)CCCCO1. The first-order valence-electron chi connectivity index (χ1n) is 7.17. The van der Waals surface area contributed by atoms with Crippen molar-refractivity contribution in [2.24, 2.45) is 0 Å². The normalized spacial score (nSPS) is 23.4. The number of fused-ring (bicyclic) bond motifs is 3. The zero-order chi connectivity index (χ0) is 13.6. The molecule has 1 aliphatic rings. The summed E-state index contributed by atoms with van der Waals surface area (Å²) in [6.45, 7) is 0.820. The van der Waals surface area contributed by atoms with Crippen molar-refractivity contribution < 1.29 is 4.74 Å². The van der Waals surface area contributed by atoms with E-state index < -0.39 is 0 Å². The van der Waals surface area contributed by atoms with E-state index in [2.05, 4.69) is 57.7 Å². The Morgan fingerprint density at radius 2 is 1.85 bits per heavy atom. The molecular formula is C17H16NOSi. The number of nitrogens with one attached hydrogen (secondary N) is 1. The summed E-state index contributed by atoms with van der Waals surface area (Å²) < 4.78 is 6.05. The van der Waals surface area contributed by atoms with Gasteiger partial charge in [0.15, 0.2) is 0 Å². The second kappa shape index (κ2) is 4.47. The summed E-state index contributed by atoms with van der Waals surface area (Å²) in [7, 11) is 3.90. The average molecular weight is 278 g/mol. The molecule has 0 bridgehead atoms. The van der Waals surface area contributed by atoms with Crippen LogP contribution >= 0.6 is 0 Å². The summed E-state index contributed by atoms with van der Waals surface area (Å²) in [5, 5.41) is 2.19. The van der Waals surface area contributed by atoms with Crippen LogP contribution in [0.1, 0.15) is 24.8 Å². The van der Waals surface area contributed by atoms with Crippen molar-refractivity contribution in [2.45, 2.75) is 24.5 Å². The lowest BCUT2D eigenvalue weighted by molar-refractivity contribution is -0.0201. The predicted molar refractivity (Wildman–Crippen MR) is 83.0 cm³/mol. The number of aromatic nitrogens is 1. The Labute approximate surface area is 121 Å². The van der Waals surface area contributed by atoms with E-state index in [1.54, 1.807) is 0 Å². The van der Waals surface area contributed by atoms with Gasteiger partial charge in [-0.15, -0.1) is 0 Å². The summed E-state index contributed by atoms with van der Waals surface area (Å²) in [4.78, 5) is 3.56. The van der Waals surface area contributed by atoms with Gasteiger partial charge in [0.05, 0.1) is 21.0 Å². The molecule has 3 aromatic rings. The summed E-state index contributed by atoms with van der Waals surface area (Å²) in [5.41, 5.74) is 3.58. The molecule has 1 saturated heterocycles. The molecule has 0 saturated carbocycles. The van der Waals surface area contributed by atoms with Crippen molar-refractivity contribution in [3.63, 3.8) is 0 Å². The maximum absolute atomic E-state index is 6.05. The first-order chi connectivity index (χ1) is 9.78. The van der Waals surface area contributed by atoms with Gasteiger partial charge in [-0.05, 0) is 25.3 Å². The number of rotatable bonds is 1. The molecule has 4 rings (SSSR count). The van der Waals surface area contributed by atoms with Crippen LogP contribution in [0.25, 0.3) is 21.8 Å². The van der Waals surface area contributed by atoms with Gasteiger partial charge in [0, 0.05) is 28.5 Å². The van der Waals surface area contributed by atoms with Crippen molar-refractivity contribution in [1.29, 1.82) is 0 Å². The monoisotopic (exact) mass is 278 g/mol. The van der Waals surface area contributed by atoms with Gasteiger partial charge < -0.3 is 9.72 Å². The highest BCUT2D eigenvalue weighted by Crippen LogP contribution is 2.37. The third kappa shape index (κ3) is 1.74. The van der Waals surface area contributed by atoms with E-state index in [1.807, 2.05) is 0 Å². The van der Waals surface area contributed by atoms with Crippen LogP contribution < -0.4 is 0 Å². The highest BCUT2D eigenvalue weighted by Gasteiger charge is 2.32. The van der Waals surface area contributed by atoms with E-state index in [0.717, 1.165) is 19.4 Å². The average Bonchev–Trinajstić information content (AvgIpc) is 2.86. The molecule has 1 fully saturated rings. The number of H-pyrrole nitrogens is 1. The van der Waals surface area contributed by atoms with Gasteiger partial charge in [0.25, 0.3) is 0 Å². The molecule has 0 amide bonds. The Kier molecular flexibility index (Phi) is 2.72. The molecule has 3 radical (unpaired) electrons. The quantitative estimate of drug-likeness (QED) is 0.672. The van der Waals surface area contributed by atoms with Gasteiger partial charge in [-0.25, -0.2) is 0 Å². The topological polar surface area (TPSA) is 25.0 Å². The van der Waals surface area contributed by atoms with Crippen LogP contribution in [-0.2, 0) is 9.96 Å². The molecule has 0 aliphatic carbocycles. The lowest BCUT2D eigenvalue weighted by Gasteiger charge is -2.34. The molecule has 1 N–H and O–H groups in total. The molecule has 2 aromatic carbocycles. The first kappa shape index (κ1) is 12.2. The van der Waals surface area contributed by atoms with E-state index in [4.69, 9.17) is 4.74 Å². The zero-order valence-corrected chi connectivity index (χ0v) is 12.3. The number of para-hydroxylation sites is 2. The fourth-order valence-electron chi connectivity index (χ4n) is 3.22. The van der Waals surface area contributed by atoms with Crippen molar-refractivity contribution in [2.75, 3.05) is 6.61 Å². The number of hydrogen-bond acceptors (Lipinski definition) is 1. The Morgan fingerprint density at radius 3 is 2.70 bits per heavy atom. The maximum Gasteiger partial charge on any atom is 0.0774 e. The smallest absolute Gasteiger partial charge is 0.0774 e. The minimum atomic E-state index is -0.349. The van der Waals surface area contributed by atoms with Gasteiger partial charge in [0.2, 0.25) is 0 Å². The van der Waals surface area contributed by atoms with E-state index in [0.29, 0.717) is 0 Å². The molecular weight excluding hydrogens is 262 g/mol. The van der Waals surface area contributed by atoms with E-state index in [1.165, 1.54) is 33.8 Å². The van der Waals surface area contributed by atoms with Crippen LogP contribution in [0.4, 0.5) is 0 Å². The summed E-state index contributed by atoms with van der Waals surface area (Å²) in [6, 6.07) is 14.9. The maximum atomic E-state index is 6.05. The molecule has 2 nitrogen and oxygen atoms in total. The number of benzene rings is 2. The second-order valence-electron chi connectivity index (χ2n) is 5.53. The Morgan fingerprint density at radius 1 is 1.00 bits per heavy atom. The molecule has 20 heavy (non-hydrogen) atoms. The Balaban J connectivity index is 2.00. The molecule has 2 heterocycles. The standard InChI is InChI=1S/C17H16NOSi/c20-17(10-3-4-11-19-17)14-8-5-7-13-12-6-1-2-9-15(12)18-16(13)14/h1-2,5-9,18H,3-4,10-11H2. The third-order valence-corrected chi connectivity index (χ3v) is 4.91. The highest BCUT2D eigenvalue weighted by atomic mass is 28.1. The largest absolute Gasteiger partial charge is 0.375 e. The minimum Gasteiger partial charge on any atom is -0.375 e. The van der Waals surface area contributed by atoms with Crippen LogP contribution in [-0.4, -0.2) is 21.8 Å². The molecule has 1 aliphatic heterocycles. The van der Waals surface area contributed by atoms with Crippen molar-refractivity contribution >= 4 is 32.0 Å². The molecule has 1 aromatic heterocycles. The Bertz CT molecular complexity index is 771. The minimum absolute atomic E-state index is 0.349. The molecule has 1 atom stereocenters. The van der Waals surface area contributed by atoms with E-state index >= 15 is 0 Å². The molecule has 99 valence electrons. The fourth-order valence-corrected chi connectivity index (χ4v) is 3.70. The lowest BCUT2D eigenvalue weighted by atomic mass is 9.98. The van der Waals surface area contributed by atoms with Crippen LogP contribution in [0.15, 0.2) is 42.5 Å². The van der Waals surface area contributed by atoms with Gasteiger partial charge in [-0.2, -0.15) is 0 Å². The number of ether oxygens (including phenoxy) is 1. The van der Waals surface area contributed by atoms with Crippen molar-refractivity contribution in [1.82, 2.24) is 4.98 Å². The summed E-state index contributed by atoms with van der Waals surface area (Å²) >= 11 is 0. The van der Waals surface area contributed by atoms with Crippen LogP contribution in [0.3, 0.4) is 0 Å². The van der Waals surface area contributed by atoms with Gasteiger partial charge in [-0.1, -0.05) is 36.4 Å². The van der Waals surface area contributed by atoms with Crippen molar-refractivity contribution in [3.05, 3.63) is 48.0 Å². The van der Waals surface area contributed by atoms with Gasteiger partial charge in [0.1, 0.15) is 0 Å². The van der Waals surface area contributed by atoms with Crippen LogP contribution in [0, 0.1) is 0 Å². The third-order valence-electron chi connectivity index (χ3n) is 4.25. The lowest BCUT2D eigenvalue weighted by Crippen LogP contribution is -2.34. The number of hydrogen-bond donors (Lipinski definition) is 1. The van der Waals surface area contributed by atoms with Crippen LogP contribution in [0.2, 0.25) is 0 Å². The molecule has 3 heteroatoms. The molecule has 1 unspecified atom stereocenters. The highest BCUT2D eigenvalue weighted by molar-refractivity contribution is 6.17. The second-order valence-corrected chi connectivity index (χ2v) is 6.34. The zero-order valence-electron chi connectivity index (χ0n) is 11.3. The first-order valence-corrected chi connectivity index (χ1v) is 7.67. The van der Waals surface area contributed by atoms with Gasteiger partial charge >= 0.3 is 0 Å². The van der Waals surface area contributed by atoms with E-state index in [-0.39, 0.29) is 5.22 Å². The predicted octanol–water partition coefficient (Wildman–Crippen LogP) is 3.84. The summed E-state index contributed by atoms with van der Waals surface area (Å²) in [6.07, 6.45) is 3.35. The molecule has 0 spiro atoms. The Hall–Kier alpha value is -1.58. The van der Waals surface area contributed by atoms with Gasteiger partial charge in [-0.3, -0.25) is 0 Å². The fraction of sp³-hybridized carbons (Fsp3) is 0.294. The number of aromatic amines is 1. The van der Waals surface area contributed by atoms with E-state index in [9.17, 15) is 0 Å². The van der Waals surface area contributed by atoms with Crippen molar-refractivity contribution in [3.8, 4) is 0 Å². The summed E-state index contributed by atoms with van der Waals surface area (Å²) in [5.74, 6) is 0. The van der Waals surface area contributed by atoms with Crippen LogP contribution in [0.5, 0.6) is 0 Å².